The van der Waals surface area contributed by atoms with Crippen LogP contribution in [-0.4, -0.2) is 40.3 Å². The minimum atomic E-state index is -0.297. The lowest BCUT2D eigenvalue weighted by Gasteiger charge is -2.35. The van der Waals surface area contributed by atoms with Gasteiger partial charge >= 0.3 is 6.03 Å². The number of carbonyl (C=O) groups excluding carboxylic acids is 1. The van der Waals surface area contributed by atoms with E-state index in [-0.39, 0.29) is 23.9 Å². The first-order valence-corrected chi connectivity index (χ1v) is 11.0. The summed E-state index contributed by atoms with van der Waals surface area (Å²) in [6.45, 7) is 1.07. The smallest absolute Gasteiger partial charge is 0.318 e. The number of piperidine rings is 1. The lowest BCUT2D eigenvalue weighted by atomic mass is 9.95. The molecule has 0 radical (unpaired) electrons. The number of halogens is 1. The maximum Gasteiger partial charge on any atom is 0.318 e. The maximum absolute atomic E-state index is 13.0. The van der Waals surface area contributed by atoms with Crippen LogP contribution in [0.5, 0.6) is 5.75 Å². The maximum atomic E-state index is 13.0. The fourth-order valence-corrected chi connectivity index (χ4v) is 4.23. The molecule has 2 aromatic rings. The summed E-state index contributed by atoms with van der Waals surface area (Å²) in [7, 11) is 0. The van der Waals surface area contributed by atoms with E-state index in [1.54, 1.807) is 12.1 Å². The molecule has 1 aliphatic carbocycles. The number of benzene rings is 1. The van der Waals surface area contributed by atoms with Crippen LogP contribution in [0.25, 0.3) is 0 Å². The van der Waals surface area contributed by atoms with E-state index in [0.717, 1.165) is 32.1 Å². The molecule has 1 atom stereocenters. The molecule has 2 heterocycles. The molecule has 1 unspecified atom stereocenters. The molecule has 0 spiro atoms. The molecule has 1 aliphatic heterocycles. The average molecular weight is 416 g/mol. The fraction of sp³-hybridized carbons (Fsp3) is 0.591. The Morgan fingerprint density at radius 3 is 2.70 bits per heavy atom. The lowest BCUT2D eigenvalue weighted by Crippen LogP contribution is -2.48. The van der Waals surface area contributed by atoms with Crippen LogP contribution >= 0.6 is 0 Å². The SMILES string of the molecule is O=C(NC1CCCCC1)N1CCCCC1c1nc(CCOc2ccc(F)cc2)no1. The molecule has 4 rings (SSSR count). The van der Waals surface area contributed by atoms with Crippen LogP contribution in [-0.2, 0) is 6.42 Å². The molecule has 1 aromatic heterocycles. The van der Waals surface area contributed by atoms with Crippen molar-refractivity contribution in [3.05, 3.63) is 41.8 Å². The summed E-state index contributed by atoms with van der Waals surface area (Å²) in [5.74, 6) is 1.34. The molecule has 2 amide bonds. The number of urea groups is 1. The van der Waals surface area contributed by atoms with Crippen molar-refractivity contribution in [1.29, 1.82) is 0 Å². The van der Waals surface area contributed by atoms with Gasteiger partial charge in [-0.05, 0) is 56.4 Å². The Bertz CT molecular complexity index is 820. The van der Waals surface area contributed by atoms with E-state index in [9.17, 15) is 9.18 Å². The highest BCUT2D eigenvalue weighted by Gasteiger charge is 2.33. The van der Waals surface area contributed by atoms with Gasteiger partial charge < -0.3 is 19.5 Å². The summed E-state index contributed by atoms with van der Waals surface area (Å²) in [5.41, 5.74) is 0. The van der Waals surface area contributed by atoms with E-state index in [1.807, 2.05) is 4.90 Å². The normalized spacial score (nSPS) is 20.2. The minimum Gasteiger partial charge on any atom is -0.493 e. The Hall–Kier alpha value is -2.64. The third kappa shape index (κ3) is 5.29. The number of hydrogen-bond acceptors (Lipinski definition) is 5. The highest BCUT2D eigenvalue weighted by atomic mass is 19.1. The molecular formula is C22H29FN4O3. The van der Waals surface area contributed by atoms with Crippen molar-refractivity contribution in [3.63, 3.8) is 0 Å². The zero-order valence-electron chi connectivity index (χ0n) is 17.2. The Morgan fingerprint density at radius 2 is 1.90 bits per heavy atom. The topological polar surface area (TPSA) is 80.5 Å². The number of ether oxygens (including phenoxy) is 1. The van der Waals surface area contributed by atoms with Gasteiger partial charge in [0.05, 0.1) is 6.61 Å². The van der Waals surface area contributed by atoms with Crippen molar-refractivity contribution in [2.45, 2.75) is 69.9 Å². The summed E-state index contributed by atoms with van der Waals surface area (Å²) in [6, 6.07) is 5.96. The molecule has 1 N–H and O–H groups in total. The van der Waals surface area contributed by atoms with E-state index in [2.05, 4.69) is 15.5 Å². The average Bonchev–Trinajstić information content (AvgIpc) is 3.25. The van der Waals surface area contributed by atoms with Gasteiger partial charge in [-0.1, -0.05) is 24.4 Å². The van der Waals surface area contributed by atoms with Crippen LogP contribution in [0, 0.1) is 5.82 Å². The van der Waals surface area contributed by atoms with Crippen molar-refractivity contribution in [1.82, 2.24) is 20.4 Å². The van der Waals surface area contributed by atoms with Gasteiger partial charge in [0.25, 0.3) is 0 Å². The molecule has 8 heteroatoms. The predicted molar refractivity (Wildman–Crippen MR) is 109 cm³/mol. The van der Waals surface area contributed by atoms with Crippen LogP contribution in [0.15, 0.2) is 28.8 Å². The number of nitrogens with zero attached hydrogens (tertiary/aromatic N) is 3. The van der Waals surface area contributed by atoms with E-state index < -0.39 is 0 Å². The van der Waals surface area contributed by atoms with Gasteiger partial charge in [-0.2, -0.15) is 4.98 Å². The van der Waals surface area contributed by atoms with Crippen molar-refractivity contribution in [2.24, 2.45) is 0 Å². The zero-order valence-corrected chi connectivity index (χ0v) is 17.2. The zero-order chi connectivity index (χ0) is 20.8. The number of carbonyl (C=O) groups is 1. The number of aromatic nitrogens is 2. The lowest BCUT2D eigenvalue weighted by molar-refractivity contribution is 0.127. The number of amides is 2. The summed E-state index contributed by atoms with van der Waals surface area (Å²) in [5, 5.41) is 7.26. The van der Waals surface area contributed by atoms with Gasteiger partial charge in [0, 0.05) is 19.0 Å². The van der Waals surface area contributed by atoms with Gasteiger partial charge in [-0.15, -0.1) is 0 Å². The van der Waals surface area contributed by atoms with E-state index >= 15 is 0 Å². The monoisotopic (exact) mass is 416 g/mol. The van der Waals surface area contributed by atoms with Gasteiger partial charge in [-0.3, -0.25) is 0 Å². The second kappa shape index (κ2) is 9.91. The Morgan fingerprint density at radius 1 is 1.13 bits per heavy atom. The quantitative estimate of drug-likeness (QED) is 0.755. The van der Waals surface area contributed by atoms with Crippen LogP contribution in [0.3, 0.4) is 0 Å². The first kappa shape index (κ1) is 20.6. The standard InChI is InChI=1S/C22H29FN4O3/c23-16-9-11-18(12-10-16)29-15-13-20-25-21(30-26-20)19-8-4-5-14-27(19)22(28)24-17-6-2-1-3-7-17/h9-12,17,19H,1-8,13-15H2,(H,24,28). The molecule has 1 saturated heterocycles. The summed E-state index contributed by atoms with van der Waals surface area (Å²) >= 11 is 0. The third-order valence-corrected chi connectivity index (χ3v) is 5.87. The number of rotatable bonds is 6. The van der Waals surface area contributed by atoms with E-state index in [0.29, 0.717) is 37.0 Å². The Kier molecular flexibility index (Phi) is 6.81. The van der Waals surface area contributed by atoms with Crippen molar-refractivity contribution >= 4 is 6.03 Å². The fourth-order valence-electron chi connectivity index (χ4n) is 4.23. The minimum absolute atomic E-state index is 0.0222. The predicted octanol–water partition coefficient (Wildman–Crippen LogP) is 4.40. The molecule has 2 aliphatic rings. The second-order valence-electron chi connectivity index (χ2n) is 8.09. The molecule has 2 fully saturated rings. The highest BCUT2D eigenvalue weighted by molar-refractivity contribution is 5.75. The summed E-state index contributed by atoms with van der Waals surface area (Å²) in [4.78, 5) is 19.3. The second-order valence-corrected chi connectivity index (χ2v) is 8.09. The van der Waals surface area contributed by atoms with Gasteiger partial charge in [0.2, 0.25) is 5.89 Å². The number of hydrogen-bond donors (Lipinski definition) is 1. The van der Waals surface area contributed by atoms with E-state index in [4.69, 9.17) is 9.26 Å². The summed E-state index contributed by atoms with van der Waals surface area (Å²) < 4.78 is 24.1. The highest BCUT2D eigenvalue weighted by Crippen LogP contribution is 2.30. The third-order valence-electron chi connectivity index (χ3n) is 5.87. The molecular weight excluding hydrogens is 387 g/mol. The first-order valence-electron chi connectivity index (χ1n) is 11.0. The van der Waals surface area contributed by atoms with Crippen LogP contribution in [0.4, 0.5) is 9.18 Å². The van der Waals surface area contributed by atoms with Crippen molar-refractivity contribution in [3.8, 4) is 5.75 Å². The van der Waals surface area contributed by atoms with Crippen LogP contribution in [0.2, 0.25) is 0 Å². The number of likely N-dealkylation sites (tertiary alicyclic amines) is 1. The largest absolute Gasteiger partial charge is 0.493 e. The van der Waals surface area contributed by atoms with Gasteiger partial charge in [0.1, 0.15) is 17.6 Å². The van der Waals surface area contributed by atoms with Gasteiger partial charge in [0.15, 0.2) is 5.82 Å². The Balaban J connectivity index is 1.33. The van der Waals surface area contributed by atoms with E-state index in [1.165, 1.54) is 31.4 Å². The van der Waals surface area contributed by atoms with Crippen molar-refractivity contribution < 1.29 is 18.4 Å². The molecule has 162 valence electrons. The molecule has 0 bridgehead atoms. The first-order chi connectivity index (χ1) is 14.7. The van der Waals surface area contributed by atoms with Crippen molar-refractivity contribution in [2.75, 3.05) is 13.2 Å². The molecule has 1 saturated carbocycles. The Labute approximate surface area is 176 Å². The number of nitrogens with one attached hydrogen (secondary N) is 1. The van der Waals surface area contributed by atoms with Crippen LogP contribution in [0.1, 0.15) is 69.1 Å². The van der Waals surface area contributed by atoms with Crippen LogP contribution < -0.4 is 10.1 Å². The van der Waals surface area contributed by atoms with Gasteiger partial charge in [-0.25, -0.2) is 9.18 Å². The molecule has 7 nitrogen and oxygen atoms in total. The summed E-state index contributed by atoms with van der Waals surface area (Å²) in [6.07, 6.45) is 9.06. The molecule has 30 heavy (non-hydrogen) atoms. The molecule has 1 aromatic carbocycles.